The Balaban J connectivity index is 1.87. The third-order valence-electron chi connectivity index (χ3n) is 6.43. The second-order valence-corrected chi connectivity index (χ2v) is 9.95. The Bertz CT molecular complexity index is 758. The van der Waals surface area contributed by atoms with E-state index in [4.69, 9.17) is 5.73 Å². The molecule has 3 nitrogen and oxygen atoms in total. The van der Waals surface area contributed by atoms with E-state index < -0.39 is 5.41 Å². The molecule has 0 bridgehead atoms. The molecule has 1 unspecified atom stereocenters. The first-order valence-electron chi connectivity index (χ1n) is 10.8. The van der Waals surface area contributed by atoms with Crippen LogP contribution >= 0.6 is 0 Å². The van der Waals surface area contributed by atoms with Crippen LogP contribution in [0, 0.1) is 16.7 Å². The zero-order valence-electron chi connectivity index (χ0n) is 18.4. The number of hydrogen-bond donors (Lipinski definition) is 1. The maximum absolute atomic E-state index is 13.4. The van der Waals surface area contributed by atoms with Gasteiger partial charge in [-0.15, -0.1) is 0 Å². The van der Waals surface area contributed by atoms with Crippen molar-refractivity contribution in [3.05, 3.63) is 71.8 Å². The molecule has 0 spiro atoms. The highest BCUT2D eigenvalue weighted by Gasteiger charge is 2.42. The molecule has 1 amide bonds. The smallest absolute Gasteiger partial charge is 0.228 e. The zero-order valence-corrected chi connectivity index (χ0v) is 18.4. The number of likely N-dealkylation sites (tertiary alicyclic amines) is 1. The normalized spacial score (nSPS) is 17.7. The first kappa shape index (κ1) is 21.6. The average molecular weight is 393 g/mol. The lowest BCUT2D eigenvalue weighted by atomic mass is 9.64. The summed E-state index contributed by atoms with van der Waals surface area (Å²) in [5, 5.41) is 0. The van der Waals surface area contributed by atoms with Gasteiger partial charge in [-0.25, -0.2) is 0 Å². The quantitative estimate of drug-likeness (QED) is 0.715. The fourth-order valence-corrected chi connectivity index (χ4v) is 5.34. The van der Waals surface area contributed by atoms with Crippen molar-refractivity contribution in [2.45, 2.75) is 46.5 Å². The number of rotatable bonds is 7. The number of amides is 1. The fraction of sp³-hybridized carbons (Fsp3) is 0.500. The molecule has 156 valence electrons. The molecule has 2 aromatic rings. The minimum absolute atomic E-state index is 0.0884. The fourth-order valence-electron chi connectivity index (χ4n) is 5.34. The van der Waals surface area contributed by atoms with Crippen LogP contribution in [0.1, 0.15) is 57.6 Å². The third kappa shape index (κ3) is 4.90. The number of carbonyl (C=O) groups is 1. The highest BCUT2D eigenvalue weighted by Crippen LogP contribution is 2.48. The summed E-state index contributed by atoms with van der Waals surface area (Å²) in [4.78, 5) is 15.4. The molecule has 1 aliphatic rings. The summed E-state index contributed by atoms with van der Waals surface area (Å²) in [5.41, 5.74) is 7.93. The Kier molecular flexibility index (Phi) is 6.48. The number of carbonyl (C=O) groups excluding carboxylic acids is 1. The monoisotopic (exact) mass is 392 g/mol. The first-order chi connectivity index (χ1) is 13.7. The van der Waals surface area contributed by atoms with Crippen LogP contribution in [0.3, 0.4) is 0 Å². The summed E-state index contributed by atoms with van der Waals surface area (Å²) in [5.74, 6) is 0.942. The molecule has 2 N–H and O–H groups in total. The van der Waals surface area contributed by atoms with Crippen LogP contribution in [0.15, 0.2) is 60.7 Å². The van der Waals surface area contributed by atoms with Gasteiger partial charge in [0.15, 0.2) is 0 Å². The largest absolute Gasteiger partial charge is 0.342 e. The van der Waals surface area contributed by atoms with Crippen molar-refractivity contribution in [1.82, 2.24) is 4.90 Å². The molecule has 0 radical (unpaired) electrons. The van der Waals surface area contributed by atoms with Crippen molar-refractivity contribution in [1.29, 1.82) is 0 Å². The molecule has 1 fully saturated rings. The van der Waals surface area contributed by atoms with Gasteiger partial charge in [0.05, 0.1) is 0 Å². The summed E-state index contributed by atoms with van der Waals surface area (Å²) in [7, 11) is 0. The lowest BCUT2D eigenvalue weighted by Crippen LogP contribution is -2.43. The van der Waals surface area contributed by atoms with Gasteiger partial charge in [0.2, 0.25) is 5.91 Å². The molecule has 1 heterocycles. The van der Waals surface area contributed by atoms with E-state index in [1.807, 2.05) is 4.90 Å². The highest BCUT2D eigenvalue weighted by atomic mass is 16.2. The topological polar surface area (TPSA) is 46.3 Å². The lowest BCUT2D eigenvalue weighted by molar-refractivity contribution is -0.141. The van der Waals surface area contributed by atoms with Gasteiger partial charge in [-0.3, -0.25) is 4.79 Å². The second kappa shape index (κ2) is 8.71. The van der Waals surface area contributed by atoms with E-state index in [1.54, 1.807) is 0 Å². The molecule has 3 rings (SSSR count). The van der Waals surface area contributed by atoms with E-state index >= 15 is 0 Å². The lowest BCUT2D eigenvalue weighted by Gasteiger charge is -2.41. The molecule has 1 aliphatic heterocycles. The molecular formula is C26H36N2O. The van der Waals surface area contributed by atoms with Gasteiger partial charge in [-0.1, -0.05) is 88.4 Å². The van der Waals surface area contributed by atoms with Gasteiger partial charge < -0.3 is 10.6 Å². The van der Waals surface area contributed by atoms with Crippen LogP contribution < -0.4 is 5.73 Å². The van der Waals surface area contributed by atoms with E-state index in [2.05, 4.69) is 88.4 Å². The Morgan fingerprint density at radius 3 is 1.97 bits per heavy atom. The van der Waals surface area contributed by atoms with Crippen molar-refractivity contribution in [2.24, 2.45) is 22.5 Å². The molecule has 3 heteroatoms. The Morgan fingerprint density at radius 1 is 1.00 bits per heavy atom. The number of nitrogens with zero attached hydrogens (tertiary/aromatic N) is 1. The minimum Gasteiger partial charge on any atom is -0.342 e. The second-order valence-electron chi connectivity index (χ2n) is 9.95. The minimum atomic E-state index is -0.422. The molecule has 2 aromatic carbocycles. The Morgan fingerprint density at radius 2 is 1.52 bits per heavy atom. The summed E-state index contributed by atoms with van der Waals surface area (Å²) in [6.07, 6.45) is 1.84. The SMILES string of the molecule is CC(C)(CC(C)(C)C(c1ccccc1)c1ccccc1)C(=O)N1CCC(CN)C1. The zero-order chi connectivity index (χ0) is 21.1. The van der Waals surface area contributed by atoms with Gasteiger partial charge in [0.1, 0.15) is 0 Å². The Labute approximate surface area is 176 Å². The van der Waals surface area contributed by atoms with Crippen LogP contribution in [0.5, 0.6) is 0 Å². The third-order valence-corrected chi connectivity index (χ3v) is 6.43. The van der Waals surface area contributed by atoms with E-state index in [-0.39, 0.29) is 17.2 Å². The van der Waals surface area contributed by atoms with Crippen LogP contribution in [0.2, 0.25) is 0 Å². The maximum atomic E-state index is 13.4. The summed E-state index contributed by atoms with van der Waals surface area (Å²) >= 11 is 0. The van der Waals surface area contributed by atoms with Crippen LogP contribution in [0.25, 0.3) is 0 Å². The molecule has 1 atom stereocenters. The van der Waals surface area contributed by atoms with E-state index in [0.29, 0.717) is 12.5 Å². The van der Waals surface area contributed by atoms with Crippen molar-refractivity contribution in [3.8, 4) is 0 Å². The van der Waals surface area contributed by atoms with Gasteiger partial charge in [0.25, 0.3) is 0 Å². The Hall–Kier alpha value is -2.13. The van der Waals surface area contributed by atoms with Crippen molar-refractivity contribution in [2.75, 3.05) is 19.6 Å². The standard InChI is InChI=1S/C26H36N2O/c1-25(2,19-26(3,4)24(29)28-16-15-20(17-27)18-28)23(21-11-7-5-8-12-21)22-13-9-6-10-14-22/h5-14,20,23H,15-19,27H2,1-4H3. The number of benzene rings is 2. The molecule has 0 aliphatic carbocycles. The van der Waals surface area contributed by atoms with Crippen molar-refractivity contribution in [3.63, 3.8) is 0 Å². The predicted molar refractivity (Wildman–Crippen MR) is 121 cm³/mol. The number of nitrogens with two attached hydrogens (primary N) is 1. The molecule has 0 saturated carbocycles. The molecule has 29 heavy (non-hydrogen) atoms. The van der Waals surface area contributed by atoms with Crippen molar-refractivity contribution >= 4 is 5.91 Å². The predicted octanol–water partition coefficient (Wildman–Crippen LogP) is 5.07. The summed E-state index contributed by atoms with van der Waals surface area (Å²) in [6, 6.07) is 21.4. The van der Waals surface area contributed by atoms with E-state index in [0.717, 1.165) is 25.9 Å². The van der Waals surface area contributed by atoms with Gasteiger partial charge in [0, 0.05) is 24.4 Å². The van der Waals surface area contributed by atoms with Crippen LogP contribution in [-0.2, 0) is 4.79 Å². The molecule has 1 saturated heterocycles. The number of hydrogen-bond acceptors (Lipinski definition) is 2. The van der Waals surface area contributed by atoms with E-state index in [9.17, 15) is 4.79 Å². The van der Waals surface area contributed by atoms with Gasteiger partial charge in [-0.2, -0.15) is 0 Å². The van der Waals surface area contributed by atoms with Crippen molar-refractivity contribution < 1.29 is 4.79 Å². The van der Waals surface area contributed by atoms with E-state index in [1.165, 1.54) is 11.1 Å². The first-order valence-corrected chi connectivity index (χ1v) is 10.8. The average Bonchev–Trinajstić information content (AvgIpc) is 3.17. The molecular weight excluding hydrogens is 356 g/mol. The van der Waals surface area contributed by atoms with Gasteiger partial charge >= 0.3 is 0 Å². The summed E-state index contributed by atoms with van der Waals surface area (Å²) < 4.78 is 0. The molecule has 0 aromatic heterocycles. The highest BCUT2D eigenvalue weighted by molar-refractivity contribution is 5.82. The maximum Gasteiger partial charge on any atom is 0.228 e. The van der Waals surface area contributed by atoms with Crippen LogP contribution in [0.4, 0.5) is 0 Å². The summed E-state index contributed by atoms with van der Waals surface area (Å²) in [6.45, 7) is 11.1. The van der Waals surface area contributed by atoms with Gasteiger partial charge in [-0.05, 0) is 41.8 Å². The van der Waals surface area contributed by atoms with Crippen LogP contribution in [-0.4, -0.2) is 30.4 Å².